The van der Waals surface area contributed by atoms with Crippen LogP contribution in [-0.2, 0) is 4.79 Å². The quantitative estimate of drug-likeness (QED) is 0.937. The number of aromatic nitrogens is 2. The first-order valence-corrected chi connectivity index (χ1v) is 7.78. The molecule has 0 bridgehead atoms. The van der Waals surface area contributed by atoms with Gasteiger partial charge in [0.1, 0.15) is 11.6 Å². The third-order valence-electron chi connectivity index (χ3n) is 3.93. The van der Waals surface area contributed by atoms with Gasteiger partial charge in [0.15, 0.2) is 0 Å². The molecule has 1 amide bonds. The summed E-state index contributed by atoms with van der Waals surface area (Å²) in [7, 11) is 0. The highest BCUT2D eigenvalue weighted by atomic mass is 35.5. The normalized spacial score (nSPS) is 15.5. The number of halogens is 2. The number of amides is 1. The molecule has 3 rings (SSSR count). The zero-order valence-electron chi connectivity index (χ0n) is 12.4. The molecule has 23 heavy (non-hydrogen) atoms. The van der Waals surface area contributed by atoms with E-state index in [4.69, 9.17) is 11.6 Å². The summed E-state index contributed by atoms with van der Waals surface area (Å²) in [4.78, 5) is 22.8. The molecule has 1 saturated heterocycles. The predicted octanol–water partition coefficient (Wildman–Crippen LogP) is 3.12. The minimum Gasteiger partial charge on any atom is -0.355 e. The highest BCUT2D eigenvalue weighted by Gasteiger charge is 2.25. The summed E-state index contributed by atoms with van der Waals surface area (Å²) in [6.07, 6.45) is 6.49. The minimum absolute atomic E-state index is 0.000251. The molecule has 0 saturated carbocycles. The second-order valence-electron chi connectivity index (χ2n) is 5.44. The Morgan fingerprint density at radius 2 is 2.09 bits per heavy atom. The lowest BCUT2D eigenvalue weighted by Gasteiger charge is -2.31. The van der Waals surface area contributed by atoms with Gasteiger partial charge in [-0.3, -0.25) is 9.78 Å². The van der Waals surface area contributed by atoms with Crippen LogP contribution in [0.15, 0.2) is 36.8 Å². The molecule has 0 atom stereocenters. The molecule has 2 aromatic rings. The number of nitrogens with zero attached hydrogens (tertiary/aromatic N) is 3. The fourth-order valence-corrected chi connectivity index (χ4v) is 2.82. The van der Waals surface area contributed by atoms with Gasteiger partial charge in [0.25, 0.3) is 0 Å². The van der Waals surface area contributed by atoms with Crippen molar-refractivity contribution in [2.75, 3.05) is 23.3 Å². The zero-order valence-corrected chi connectivity index (χ0v) is 13.1. The Labute approximate surface area is 138 Å². The summed E-state index contributed by atoms with van der Waals surface area (Å²) in [5, 5.41) is 2.80. The number of hydrogen-bond donors (Lipinski definition) is 1. The molecular weight excluding hydrogens is 319 g/mol. The van der Waals surface area contributed by atoms with Crippen LogP contribution < -0.4 is 10.2 Å². The molecule has 0 unspecified atom stereocenters. The molecule has 1 aromatic heterocycles. The van der Waals surface area contributed by atoms with Crippen molar-refractivity contribution in [2.45, 2.75) is 12.8 Å². The average Bonchev–Trinajstić information content (AvgIpc) is 2.59. The highest BCUT2D eigenvalue weighted by molar-refractivity contribution is 6.31. The van der Waals surface area contributed by atoms with E-state index in [2.05, 4.69) is 20.2 Å². The Morgan fingerprint density at radius 1 is 1.30 bits per heavy atom. The number of anilines is 2. The second kappa shape index (κ2) is 6.91. The van der Waals surface area contributed by atoms with Gasteiger partial charge in [0.2, 0.25) is 5.91 Å². The third kappa shape index (κ3) is 3.76. The van der Waals surface area contributed by atoms with Crippen LogP contribution in [0.2, 0.25) is 5.02 Å². The van der Waals surface area contributed by atoms with E-state index < -0.39 is 5.82 Å². The first-order chi connectivity index (χ1) is 11.1. The van der Waals surface area contributed by atoms with Gasteiger partial charge < -0.3 is 10.2 Å². The van der Waals surface area contributed by atoms with Crippen LogP contribution >= 0.6 is 11.6 Å². The lowest BCUT2D eigenvalue weighted by Crippen LogP contribution is -2.38. The molecule has 1 fully saturated rings. The molecule has 0 spiro atoms. The maximum absolute atomic E-state index is 13.1. The molecule has 1 N–H and O–H groups in total. The number of nitrogens with one attached hydrogen (secondary N) is 1. The number of rotatable bonds is 3. The Kier molecular flexibility index (Phi) is 4.71. The summed E-state index contributed by atoms with van der Waals surface area (Å²) >= 11 is 5.72. The van der Waals surface area contributed by atoms with Gasteiger partial charge in [-0.2, -0.15) is 0 Å². The number of piperidine rings is 1. The third-order valence-corrected chi connectivity index (χ3v) is 4.22. The summed E-state index contributed by atoms with van der Waals surface area (Å²) in [6, 6.07) is 4.17. The van der Waals surface area contributed by atoms with Crippen molar-refractivity contribution >= 4 is 29.0 Å². The van der Waals surface area contributed by atoms with Crippen molar-refractivity contribution in [3.05, 3.63) is 47.6 Å². The number of carbonyl (C=O) groups is 1. The SMILES string of the molecule is O=C(Nc1ccc(F)c(Cl)c1)C1CCN(c2cnccn2)CC1. The van der Waals surface area contributed by atoms with Crippen LogP contribution in [0.3, 0.4) is 0 Å². The Hall–Kier alpha value is -2.21. The van der Waals surface area contributed by atoms with Gasteiger partial charge in [-0.05, 0) is 31.0 Å². The lowest BCUT2D eigenvalue weighted by molar-refractivity contribution is -0.120. The maximum atomic E-state index is 13.1. The molecule has 0 radical (unpaired) electrons. The molecule has 2 heterocycles. The Morgan fingerprint density at radius 3 is 2.74 bits per heavy atom. The summed E-state index contributed by atoms with van der Waals surface area (Å²) in [5.41, 5.74) is 0.512. The fourth-order valence-electron chi connectivity index (χ4n) is 2.64. The summed E-state index contributed by atoms with van der Waals surface area (Å²) in [5.74, 6) is 0.192. The second-order valence-corrected chi connectivity index (χ2v) is 5.85. The van der Waals surface area contributed by atoms with Crippen LogP contribution in [0.25, 0.3) is 0 Å². The van der Waals surface area contributed by atoms with Gasteiger partial charge in [0, 0.05) is 37.1 Å². The van der Waals surface area contributed by atoms with Crippen LogP contribution in [0, 0.1) is 11.7 Å². The van der Waals surface area contributed by atoms with Crippen LogP contribution in [-0.4, -0.2) is 29.0 Å². The van der Waals surface area contributed by atoms with Gasteiger partial charge >= 0.3 is 0 Å². The monoisotopic (exact) mass is 334 g/mol. The number of carbonyl (C=O) groups excluding carboxylic acids is 1. The topological polar surface area (TPSA) is 58.1 Å². The molecular formula is C16H16ClFN4O. The minimum atomic E-state index is -0.498. The molecule has 0 aliphatic carbocycles. The first-order valence-electron chi connectivity index (χ1n) is 7.40. The summed E-state index contributed by atoms with van der Waals surface area (Å²) < 4.78 is 13.1. The summed E-state index contributed by atoms with van der Waals surface area (Å²) in [6.45, 7) is 1.50. The van der Waals surface area contributed by atoms with E-state index in [9.17, 15) is 9.18 Å². The van der Waals surface area contributed by atoms with Crippen molar-refractivity contribution in [2.24, 2.45) is 5.92 Å². The van der Waals surface area contributed by atoms with Gasteiger partial charge in [-0.25, -0.2) is 9.37 Å². The van der Waals surface area contributed by atoms with Crippen molar-refractivity contribution in [1.82, 2.24) is 9.97 Å². The molecule has 1 aliphatic rings. The largest absolute Gasteiger partial charge is 0.355 e. The van der Waals surface area contributed by atoms with E-state index in [0.29, 0.717) is 5.69 Å². The van der Waals surface area contributed by atoms with E-state index >= 15 is 0 Å². The van der Waals surface area contributed by atoms with E-state index in [1.165, 1.54) is 18.2 Å². The molecule has 7 heteroatoms. The van der Waals surface area contributed by atoms with E-state index in [1.807, 2.05) is 0 Å². The van der Waals surface area contributed by atoms with Crippen LogP contribution in [0.5, 0.6) is 0 Å². The first kappa shape index (κ1) is 15.7. The van der Waals surface area contributed by atoms with E-state index in [0.717, 1.165) is 31.7 Å². The predicted molar refractivity (Wildman–Crippen MR) is 87.0 cm³/mol. The molecule has 1 aliphatic heterocycles. The highest BCUT2D eigenvalue weighted by Crippen LogP contribution is 2.24. The fraction of sp³-hybridized carbons (Fsp3) is 0.312. The average molecular weight is 335 g/mol. The van der Waals surface area contributed by atoms with E-state index in [1.54, 1.807) is 18.6 Å². The lowest BCUT2D eigenvalue weighted by atomic mass is 9.96. The van der Waals surface area contributed by atoms with Crippen LogP contribution in [0.1, 0.15) is 12.8 Å². The number of benzene rings is 1. The molecule has 5 nitrogen and oxygen atoms in total. The van der Waals surface area contributed by atoms with Crippen molar-refractivity contribution < 1.29 is 9.18 Å². The van der Waals surface area contributed by atoms with Crippen molar-refractivity contribution in [3.8, 4) is 0 Å². The molecule has 120 valence electrons. The zero-order chi connectivity index (χ0) is 16.2. The number of hydrogen-bond acceptors (Lipinski definition) is 4. The van der Waals surface area contributed by atoms with Gasteiger partial charge in [0.05, 0.1) is 11.2 Å². The molecule has 1 aromatic carbocycles. The maximum Gasteiger partial charge on any atom is 0.227 e. The van der Waals surface area contributed by atoms with Gasteiger partial charge in [-0.1, -0.05) is 11.6 Å². The van der Waals surface area contributed by atoms with Gasteiger partial charge in [-0.15, -0.1) is 0 Å². The van der Waals surface area contributed by atoms with Crippen LogP contribution in [0.4, 0.5) is 15.9 Å². The van der Waals surface area contributed by atoms with Crippen molar-refractivity contribution in [3.63, 3.8) is 0 Å². The smallest absolute Gasteiger partial charge is 0.227 e. The standard InChI is InChI=1S/C16H16ClFN4O/c17-13-9-12(1-2-14(13)18)21-16(23)11-3-7-22(8-4-11)15-10-19-5-6-20-15/h1-2,5-6,9-11H,3-4,7-8H2,(H,21,23). The Bertz CT molecular complexity index is 690. The van der Waals surface area contributed by atoms with Crippen molar-refractivity contribution in [1.29, 1.82) is 0 Å². The Balaban J connectivity index is 1.57. The van der Waals surface area contributed by atoms with E-state index in [-0.39, 0.29) is 16.8 Å².